The number of fused-ring (bicyclic) bond motifs is 1. The molecule has 4 rings (SSSR count). The molecule has 0 atom stereocenters. The molecule has 0 aromatic carbocycles. The van der Waals surface area contributed by atoms with Gasteiger partial charge in [0.1, 0.15) is 4.21 Å². The van der Waals surface area contributed by atoms with E-state index in [-0.39, 0.29) is 0 Å². The molecule has 0 N–H and O–H groups in total. The van der Waals surface area contributed by atoms with Crippen LogP contribution in [-0.2, 0) is 23.1 Å². The monoisotopic (exact) mass is 387 g/mol. The molecule has 1 fully saturated rings. The first kappa shape index (κ1) is 13.9. The Bertz CT molecular complexity index is 792. The van der Waals surface area contributed by atoms with E-state index in [1.54, 1.807) is 16.4 Å². The van der Waals surface area contributed by atoms with E-state index in [4.69, 9.17) is 0 Å². The number of nitrogens with zero attached hydrogens (tertiary/aromatic N) is 3. The highest BCUT2D eigenvalue weighted by Gasteiger charge is 2.33. The van der Waals surface area contributed by atoms with Crippen molar-refractivity contribution >= 4 is 37.3 Å². The van der Waals surface area contributed by atoms with E-state index in [1.165, 1.54) is 24.2 Å². The van der Waals surface area contributed by atoms with Crippen LogP contribution in [0, 0.1) is 0 Å². The van der Waals surface area contributed by atoms with Crippen LogP contribution in [0.15, 0.2) is 26.2 Å². The van der Waals surface area contributed by atoms with Crippen molar-refractivity contribution in [2.24, 2.45) is 0 Å². The molecule has 5 nitrogen and oxygen atoms in total. The molecule has 3 heterocycles. The fourth-order valence-electron chi connectivity index (χ4n) is 2.61. The Kier molecular flexibility index (Phi) is 3.25. The molecule has 8 heteroatoms. The first-order valence-electron chi connectivity index (χ1n) is 6.86. The first-order chi connectivity index (χ1) is 10.0. The molecule has 1 aliphatic carbocycles. The van der Waals surface area contributed by atoms with Gasteiger partial charge in [-0.25, -0.2) is 8.42 Å². The summed E-state index contributed by atoms with van der Waals surface area (Å²) in [6.07, 6.45) is 2.42. The summed E-state index contributed by atoms with van der Waals surface area (Å²) >= 11 is 4.58. The molecule has 21 heavy (non-hydrogen) atoms. The van der Waals surface area contributed by atoms with E-state index in [9.17, 15) is 8.42 Å². The van der Waals surface area contributed by atoms with E-state index in [0.29, 0.717) is 29.8 Å². The largest absolute Gasteiger partial charge is 0.267 e. The molecule has 2 aromatic heterocycles. The fourth-order valence-corrected chi connectivity index (χ4v) is 6.18. The summed E-state index contributed by atoms with van der Waals surface area (Å²) in [5.41, 5.74) is 2.13. The number of hydrogen-bond acceptors (Lipinski definition) is 4. The van der Waals surface area contributed by atoms with Gasteiger partial charge in [0.25, 0.3) is 10.0 Å². The van der Waals surface area contributed by atoms with E-state index in [2.05, 4.69) is 27.1 Å². The smallest absolute Gasteiger partial charge is 0.253 e. The quantitative estimate of drug-likeness (QED) is 0.813. The second kappa shape index (κ2) is 4.91. The summed E-state index contributed by atoms with van der Waals surface area (Å²) in [6, 6.07) is 5.51. The van der Waals surface area contributed by atoms with E-state index in [1.807, 2.05) is 4.68 Å². The van der Waals surface area contributed by atoms with Gasteiger partial charge in [0.15, 0.2) is 0 Å². The molecule has 0 radical (unpaired) electrons. The van der Waals surface area contributed by atoms with E-state index < -0.39 is 10.0 Å². The minimum Gasteiger partial charge on any atom is -0.267 e. The summed E-state index contributed by atoms with van der Waals surface area (Å²) in [5.74, 6) is 0.599. The van der Waals surface area contributed by atoms with Gasteiger partial charge in [0.2, 0.25) is 0 Å². The molecule has 112 valence electrons. The van der Waals surface area contributed by atoms with Crippen molar-refractivity contribution < 1.29 is 8.42 Å². The van der Waals surface area contributed by atoms with Crippen molar-refractivity contribution in [3.8, 4) is 0 Å². The van der Waals surface area contributed by atoms with Crippen molar-refractivity contribution in [3.05, 3.63) is 33.4 Å². The first-order valence-corrected chi connectivity index (χ1v) is 9.91. The van der Waals surface area contributed by atoms with Gasteiger partial charge in [-0.1, -0.05) is 0 Å². The maximum atomic E-state index is 12.6. The van der Waals surface area contributed by atoms with Gasteiger partial charge < -0.3 is 0 Å². The van der Waals surface area contributed by atoms with Crippen LogP contribution in [0.5, 0.6) is 0 Å². The number of aromatic nitrogens is 2. The molecule has 2 aromatic rings. The van der Waals surface area contributed by atoms with Crippen molar-refractivity contribution in [2.75, 3.05) is 6.54 Å². The number of rotatable bonds is 3. The second-order valence-electron chi connectivity index (χ2n) is 5.46. The lowest BCUT2D eigenvalue weighted by molar-refractivity contribution is 0.327. The third-order valence-corrected chi connectivity index (χ3v) is 7.86. The predicted molar refractivity (Wildman–Crippen MR) is 83.8 cm³/mol. The summed E-state index contributed by atoms with van der Waals surface area (Å²) in [7, 11) is -3.40. The highest BCUT2D eigenvalue weighted by molar-refractivity contribution is 9.11. The molecule has 0 saturated heterocycles. The summed E-state index contributed by atoms with van der Waals surface area (Å²) in [4.78, 5) is 0. The van der Waals surface area contributed by atoms with Gasteiger partial charge in [-0.15, -0.1) is 11.3 Å². The van der Waals surface area contributed by atoms with Crippen molar-refractivity contribution in [3.63, 3.8) is 0 Å². The Labute approximate surface area is 135 Å². The lowest BCUT2D eigenvalue weighted by atomic mass is 10.2. The Balaban J connectivity index is 1.62. The average Bonchev–Trinajstić information content (AvgIpc) is 3.06. The van der Waals surface area contributed by atoms with Crippen LogP contribution in [0.4, 0.5) is 0 Å². The Morgan fingerprint density at radius 2 is 2.10 bits per heavy atom. The fraction of sp³-hybridized carbons (Fsp3) is 0.462. The third-order valence-electron chi connectivity index (χ3n) is 3.92. The molecule has 0 amide bonds. The summed E-state index contributed by atoms with van der Waals surface area (Å²) in [6.45, 7) is 1.53. The molecule has 0 unspecified atom stereocenters. The van der Waals surface area contributed by atoms with Gasteiger partial charge >= 0.3 is 0 Å². The molecule has 2 aliphatic rings. The van der Waals surface area contributed by atoms with Crippen LogP contribution in [0.25, 0.3) is 0 Å². The molecular formula is C13H14BrN3O2S2. The van der Waals surface area contributed by atoms with Gasteiger partial charge in [-0.05, 0) is 47.0 Å². The van der Waals surface area contributed by atoms with Crippen LogP contribution < -0.4 is 0 Å². The molecular weight excluding hydrogens is 374 g/mol. The lowest BCUT2D eigenvalue weighted by Crippen LogP contribution is -2.38. The normalized spacial score (nSPS) is 19.7. The highest BCUT2D eigenvalue weighted by Crippen LogP contribution is 2.40. The topological polar surface area (TPSA) is 55.2 Å². The maximum absolute atomic E-state index is 12.6. The van der Waals surface area contributed by atoms with Gasteiger partial charge in [0, 0.05) is 12.5 Å². The van der Waals surface area contributed by atoms with Crippen LogP contribution in [0.2, 0.25) is 0 Å². The molecule has 0 spiro atoms. The van der Waals surface area contributed by atoms with Crippen LogP contribution in [0.1, 0.15) is 30.1 Å². The Hall–Kier alpha value is -0.700. The number of halogens is 1. The SMILES string of the molecule is O=S(=O)(c1ccc(Br)s1)N1CCn2nc(C3CC3)cc2C1. The second-order valence-corrected chi connectivity index (χ2v) is 10.1. The standard InChI is InChI=1S/C13H14BrN3O2S2/c14-12-3-4-13(20-12)21(18,19)16-5-6-17-10(8-16)7-11(15-17)9-1-2-9/h3-4,7,9H,1-2,5-6,8H2. The zero-order valence-corrected chi connectivity index (χ0v) is 14.4. The van der Waals surface area contributed by atoms with E-state index >= 15 is 0 Å². The van der Waals surface area contributed by atoms with Gasteiger partial charge in [-0.3, -0.25) is 4.68 Å². The average molecular weight is 388 g/mol. The van der Waals surface area contributed by atoms with Crippen molar-refractivity contribution in [1.29, 1.82) is 0 Å². The lowest BCUT2D eigenvalue weighted by Gasteiger charge is -2.26. The third kappa shape index (κ3) is 2.48. The molecule has 0 bridgehead atoms. The minimum absolute atomic E-state index is 0.393. The minimum atomic E-state index is -3.40. The highest BCUT2D eigenvalue weighted by atomic mass is 79.9. The number of thiophene rings is 1. The Morgan fingerprint density at radius 1 is 1.29 bits per heavy atom. The zero-order valence-electron chi connectivity index (χ0n) is 11.2. The van der Waals surface area contributed by atoms with Gasteiger partial charge in [-0.2, -0.15) is 9.40 Å². The number of sulfonamides is 1. The predicted octanol–water partition coefficient (Wildman–Crippen LogP) is 2.79. The molecule has 1 aliphatic heterocycles. The number of hydrogen-bond donors (Lipinski definition) is 0. The van der Waals surface area contributed by atoms with Gasteiger partial charge in [0.05, 0.1) is 28.3 Å². The van der Waals surface area contributed by atoms with E-state index in [0.717, 1.165) is 15.2 Å². The molecule has 1 saturated carbocycles. The Morgan fingerprint density at radius 3 is 2.76 bits per heavy atom. The summed E-state index contributed by atoms with van der Waals surface area (Å²) in [5, 5.41) is 4.60. The van der Waals surface area contributed by atoms with Crippen molar-refractivity contribution in [2.45, 2.75) is 36.1 Å². The van der Waals surface area contributed by atoms with Crippen LogP contribution in [0.3, 0.4) is 0 Å². The summed E-state index contributed by atoms with van der Waals surface area (Å²) < 4.78 is 30.0. The van der Waals surface area contributed by atoms with Crippen LogP contribution >= 0.6 is 27.3 Å². The van der Waals surface area contributed by atoms with Crippen LogP contribution in [-0.4, -0.2) is 29.0 Å². The maximum Gasteiger partial charge on any atom is 0.253 e. The van der Waals surface area contributed by atoms with Crippen molar-refractivity contribution in [1.82, 2.24) is 14.1 Å². The zero-order chi connectivity index (χ0) is 14.6.